The Morgan fingerprint density at radius 1 is 1.28 bits per heavy atom. The molecular weight excluding hydrogens is 243 g/mol. The number of ether oxygens (including phenoxy) is 1. The Morgan fingerprint density at radius 3 is 2.50 bits per heavy atom. The van der Waals surface area contributed by atoms with Gasteiger partial charge in [0.15, 0.2) is 0 Å². The number of methoxy groups -OCH3 is 1. The predicted octanol–water partition coefficient (Wildman–Crippen LogP) is 3.39. The minimum atomic E-state index is -4.34. The van der Waals surface area contributed by atoms with Crippen LogP contribution in [-0.4, -0.2) is 20.3 Å². The molecule has 18 heavy (non-hydrogen) atoms. The van der Waals surface area contributed by atoms with E-state index in [4.69, 9.17) is 4.74 Å². The Hall–Kier alpha value is -1.07. The lowest BCUT2D eigenvalue weighted by Crippen LogP contribution is -2.28. The van der Waals surface area contributed by atoms with Gasteiger partial charge in [0.05, 0.1) is 18.2 Å². The highest BCUT2D eigenvalue weighted by molar-refractivity contribution is 5.32. The lowest BCUT2D eigenvalue weighted by atomic mass is 10.00. The highest BCUT2D eigenvalue weighted by Gasteiger charge is 2.34. The van der Waals surface area contributed by atoms with Gasteiger partial charge in [-0.25, -0.2) is 0 Å². The zero-order valence-corrected chi connectivity index (χ0v) is 10.6. The topological polar surface area (TPSA) is 21.3 Å². The van der Waals surface area contributed by atoms with E-state index in [1.807, 2.05) is 6.92 Å². The highest BCUT2D eigenvalue weighted by Crippen LogP contribution is 2.34. The van der Waals surface area contributed by atoms with Crippen LogP contribution in [0.3, 0.4) is 0 Å². The summed E-state index contributed by atoms with van der Waals surface area (Å²) in [5.41, 5.74) is -0.365. The first-order valence-electron chi connectivity index (χ1n) is 5.89. The second-order valence-corrected chi connectivity index (χ2v) is 4.05. The highest BCUT2D eigenvalue weighted by atomic mass is 19.4. The van der Waals surface area contributed by atoms with Crippen LogP contribution in [0.5, 0.6) is 0 Å². The number of halogens is 3. The van der Waals surface area contributed by atoms with Crippen molar-refractivity contribution >= 4 is 0 Å². The Balaban J connectivity index is 3.03. The monoisotopic (exact) mass is 261 g/mol. The molecule has 0 amide bonds. The number of hydrogen-bond donors (Lipinski definition) is 1. The Labute approximate surface area is 105 Å². The third-order valence-electron chi connectivity index (χ3n) is 2.62. The van der Waals surface area contributed by atoms with Crippen molar-refractivity contribution in [3.8, 4) is 0 Å². The van der Waals surface area contributed by atoms with Crippen LogP contribution in [0.4, 0.5) is 13.2 Å². The van der Waals surface area contributed by atoms with Crippen molar-refractivity contribution in [1.82, 2.24) is 5.32 Å². The smallest absolute Gasteiger partial charge is 0.383 e. The Kier molecular flexibility index (Phi) is 5.62. The molecule has 1 aromatic rings. The van der Waals surface area contributed by atoms with E-state index in [2.05, 4.69) is 5.32 Å². The maximum atomic E-state index is 12.9. The first-order chi connectivity index (χ1) is 8.50. The summed E-state index contributed by atoms with van der Waals surface area (Å²) in [6, 6.07) is 5.17. The SMILES string of the molecule is CCCNC(COC)c1ccccc1C(F)(F)F. The van der Waals surface area contributed by atoms with E-state index in [1.54, 1.807) is 6.07 Å². The van der Waals surface area contributed by atoms with Gasteiger partial charge in [0.2, 0.25) is 0 Å². The minimum absolute atomic E-state index is 0.215. The molecule has 0 aliphatic carbocycles. The van der Waals surface area contributed by atoms with Crippen LogP contribution < -0.4 is 5.32 Å². The molecule has 0 spiro atoms. The van der Waals surface area contributed by atoms with E-state index in [0.29, 0.717) is 6.54 Å². The number of alkyl halides is 3. The van der Waals surface area contributed by atoms with E-state index in [9.17, 15) is 13.2 Å². The quantitative estimate of drug-likeness (QED) is 0.847. The summed E-state index contributed by atoms with van der Waals surface area (Å²) < 4.78 is 43.7. The van der Waals surface area contributed by atoms with Crippen molar-refractivity contribution in [3.63, 3.8) is 0 Å². The van der Waals surface area contributed by atoms with E-state index >= 15 is 0 Å². The van der Waals surface area contributed by atoms with Crippen molar-refractivity contribution in [2.45, 2.75) is 25.6 Å². The number of rotatable bonds is 6. The Bertz CT molecular complexity index is 365. The molecule has 1 aromatic carbocycles. The first kappa shape index (κ1) is 15.0. The molecule has 2 nitrogen and oxygen atoms in total. The molecular formula is C13H18F3NO. The molecule has 0 radical (unpaired) electrons. The fraction of sp³-hybridized carbons (Fsp3) is 0.538. The molecule has 0 aromatic heterocycles. The van der Waals surface area contributed by atoms with Crippen molar-refractivity contribution in [3.05, 3.63) is 35.4 Å². The predicted molar refractivity (Wildman–Crippen MR) is 64.4 cm³/mol. The molecule has 1 unspecified atom stereocenters. The molecule has 0 saturated heterocycles. The molecule has 1 N–H and O–H groups in total. The fourth-order valence-corrected chi connectivity index (χ4v) is 1.80. The van der Waals surface area contributed by atoms with E-state index in [-0.39, 0.29) is 12.2 Å². The molecule has 0 heterocycles. The molecule has 5 heteroatoms. The number of hydrogen-bond acceptors (Lipinski definition) is 2. The van der Waals surface area contributed by atoms with Gasteiger partial charge in [0, 0.05) is 7.11 Å². The van der Waals surface area contributed by atoms with E-state index in [0.717, 1.165) is 12.5 Å². The average molecular weight is 261 g/mol. The number of nitrogens with one attached hydrogen (secondary N) is 1. The minimum Gasteiger partial charge on any atom is -0.383 e. The second kappa shape index (κ2) is 6.75. The van der Waals surface area contributed by atoms with Gasteiger partial charge < -0.3 is 10.1 Å². The normalized spacial score (nSPS) is 13.6. The standard InChI is InChI=1S/C13H18F3NO/c1-3-8-17-12(9-18-2)10-6-4-5-7-11(10)13(14,15)16/h4-7,12,17H,3,8-9H2,1-2H3. The van der Waals surface area contributed by atoms with Crippen LogP contribution >= 0.6 is 0 Å². The molecule has 0 aliphatic heterocycles. The van der Waals surface area contributed by atoms with E-state index in [1.165, 1.54) is 19.2 Å². The fourth-order valence-electron chi connectivity index (χ4n) is 1.80. The van der Waals surface area contributed by atoms with Gasteiger partial charge in [0.1, 0.15) is 0 Å². The Morgan fingerprint density at radius 2 is 1.94 bits per heavy atom. The molecule has 0 saturated carbocycles. The van der Waals surface area contributed by atoms with Crippen LogP contribution in [0.2, 0.25) is 0 Å². The summed E-state index contributed by atoms with van der Waals surface area (Å²) in [7, 11) is 1.48. The summed E-state index contributed by atoms with van der Waals surface area (Å²) in [4.78, 5) is 0. The van der Waals surface area contributed by atoms with Crippen LogP contribution in [0.25, 0.3) is 0 Å². The summed E-state index contributed by atoms with van der Waals surface area (Å²) in [6.07, 6.45) is -3.48. The molecule has 0 aliphatic rings. The van der Waals surface area contributed by atoms with Gasteiger partial charge in [-0.3, -0.25) is 0 Å². The van der Waals surface area contributed by atoms with Gasteiger partial charge >= 0.3 is 6.18 Å². The van der Waals surface area contributed by atoms with E-state index < -0.39 is 17.8 Å². The molecule has 1 atom stereocenters. The van der Waals surface area contributed by atoms with Gasteiger partial charge in [0.25, 0.3) is 0 Å². The molecule has 102 valence electrons. The lowest BCUT2D eigenvalue weighted by Gasteiger charge is -2.22. The van der Waals surface area contributed by atoms with Crippen molar-refractivity contribution < 1.29 is 17.9 Å². The van der Waals surface area contributed by atoms with Gasteiger partial charge in [-0.2, -0.15) is 13.2 Å². The molecule has 1 rings (SSSR count). The van der Waals surface area contributed by atoms with Crippen LogP contribution in [0.15, 0.2) is 24.3 Å². The average Bonchev–Trinajstić information content (AvgIpc) is 2.33. The van der Waals surface area contributed by atoms with Crippen LogP contribution in [0.1, 0.15) is 30.5 Å². The molecule has 0 fully saturated rings. The summed E-state index contributed by atoms with van der Waals surface area (Å²) in [5, 5.41) is 3.07. The summed E-state index contributed by atoms with van der Waals surface area (Å²) in [5.74, 6) is 0. The summed E-state index contributed by atoms with van der Waals surface area (Å²) in [6.45, 7) is 2.83. The first-order valence-corrected chi connectivity index (χ1v) is 5.89. The zero-order chi connectivity index (χ0) is 13.6. The third-order valence-corrected chi connectivity index (χ3v) is 2.62. The van der Waals surface area contributed by atoms with Crippen molar-refractivity contribution in [2.75, 3.05) is 20.3 Å². The van der Waals surface area contributed by atoms with Gasteiger partial charge in [-0.1, -0.05) is 25.1 Å². The van der Waals surface area contributed by atoms with Gasteiger partial charge in [-0.05, 0) is 24.6 Å². The summed E-state index contributed by atoms with van der Waals surface area (Å²) >= 11 is 0. The molecule has 0 bridgehead atoms. The van der Waals surface area contributed by atoms with Crippen LogP contribution in [0, 0.1) is 0 Å². The zero-order valence-electron chi connectivity index (χ0n) is 10.6. The largest absolute Gasteiger partial charge is 0.416 e. The van der Waals surface area contributed by atoms with Crippen molar-refractivity contribution in [2.24, 2.45) is 0 Å². The third kappa shape index (κ3) is 3.99. The van der Waals surface area contributed by atoms with Crippen LogP contribution in [-0.2, 0) is 10.9 Å². The van der Waals surface area contributed by atoms with Crippen molar-refractivity contribution in [1.29, 1.82) is 0 Å². The maximum Gasteiger partial charge on any atom is 0.416 e. The number of benzene rings is 1. The maximum absolute atomic E-state index is 12.9. The second-order valence-electron chi connectivity index (χ2n) is 4.05. The van der Waals surface area contributed by atoms with Gasteiger partial charge in [-0.15, -0.1) is 0 Å². The lowest BCUT2D eigenvalue weighted by molar-refractivity contribution is -0.138.